The van der Waals surface area contributed by atoms with Crippen molar-refractivity contribution in [1.82, 2.24) is 20.1 Å². The van der Waals surface area contributed by atoms with Crippen molar-refractivity contribution in [2.24, 2.45) is 5.92 Å². The smallest absolute Gasteiger partial charge is 0.261 e. The summed E-state index contributed by atoms with van der Waals surface area (Å²) in [5, 5.41) is 11.7. The fourth-order valence-electron chi connectivity index (χ4n) is 3.08. The summed E-state index contributed by atoms with van der Waals surface area (Å²) in [6, 6.07) is 7.53. The number of aryl methyl sites for hydroxylation is 2. The lowest BCUT2D eigenvalue weighted by Crippen LogP contribution is -2.41. The number of nitrogens with one attached hydrogen (secondary N) is 1. The van der Waals surface area contributed by atoms with Gasteiger partial charge < -0.3 is 14.6 Å². The van der Waals surface area contributed by atoms with Crippen molar-refractivity contribution in [3.05, 3.63) is 41.5 Å². The maximum absolute atomic E-state index is 12.6. The first-order chi connectivity index (χ1) is 12.0. The van der Waals surface area contributed by atoms with Crippen molar-refractivity contribution in [3.8, 4) is 5.75 Å². The van der Waals surface area contributed by atoms with Crippen LogP contribution >= 0.6 is 0 Å². The third-order valence-corrected chi connectivity index (χ3v) is 4.58. The van der Waals surface area contributed by atoms with Crippen molar-refractivity contribution >= 4 is 5.91 Å². The summed E-state index contributed by atoms with van der Waals surface area (Å²) in [5.41, 5.74) is 1.16. The second kappa shape index (κ2) is 7.25. The van der Waals surface area contributed by atoms with Crippen LogP contribution in [0.1, 0.15) is 50.4 Å². The predicted molar refractivity (Wildman–Crippen MR) is 95.3 cm³/mol. The van der Waals surface area contributed by atoms with E-state index in [1.165, 1.54) is 0 Å². The van der Waals surface area contributed by atoms with Gasteiger partial charge >= 0.3 is 0 Å². The molecule has 0 radical (unpaired) electrons. The summed E-state index contributed by atoms with van der Waals surface area (Å²) in [6.45, 7) is 8.86. The van der Waals surface area contributed by atoms with Crippen LogP contribution in [0.5, 0.6) is 5.75 Å². The molecule has 1 aliphatic heterocycles. The monoisotopic (exact) mass is 342 g/mol. The normalized spacial score (nSPS) is 15.7. The Hall–Kier alpha value is -2.37. The third kappa shape index (κ3) is 3.83. The Bertz CT molecular complexity index is 736. The molecule has 0 unspecified atom stereocenters. The first kappa shape index (κ1) is 17.5. The van der Waals surface area contributed by atoms with E-state index in [0.29, 0.717) is 5.75 Å². The standard InChI is InChI=1S/C19H26N4O2/c1-12(2)17(18-22-21-16-6-5-11-23(16)18)20-19(24)14(4)25-15-9-7-13(3)8-10-15/h7-10,12,14,17H,5-6,11H2,1-4H3,(H,20,24)/t14-,17-/m0/s1. The average Bonchev–Trinajstić information content (AvgIpc) is 3.18. The van der Waals surface area contributed by atoms with Gasteiger partial charge in [0.05, 0.1) is 6.04 Å². The number of aromatic nitrogens is 3. The highest BCUT2D eigenvalue weighted by Gasteiger charge is 2.29. The Labute approximate surface area is 148 Å². The Morgan fingerprint density at radius 2 is 1.92 bits per heavy atom. The Kier molecular flexibility index (Phi) is 5.06. The van der Waals surface area contributed by atoms with Crippen LogP contribution in [0.4, 0.5) is 0 Å². The molecule has 6 heteroatoms. The fraction of sp³-hybridized carbons (Fsp3) is 0.526. The fourth-order valence-corrected chi connectivity index (χ4v) is 3.08. The van der Waals surface area contributed by atoms with Gasteiger partial charge in [-0.2, -0.15) is 0 Å². The van der Waals surface area contributed by atoms with E-state index >= 15 is 0 Å². The molecule has 0 aliphatic carbocycles. The number of amides is 1. The van der Waals surface area contributed by atoms with Crippen molar-refractivity contribution in [2.75, 3.05) is 0 Å². The van der Waals surface area contributed by atoms with E-state index in [1.807, 2.05) is 31.2 Å². The lowest BCUT2D eigenvalue weighted by Gasteiger charge is -2.24. The summed E-state index contributed by atoms with van der Waals surface area (Å²) in [6.07, 6.45) is 1.47. The van der Waals surface area contributed by atoms with Crippen molar-refractivity contribution in [2.45, 2.75) is 59.2 Å². The number of rotatable bonds is 6. The van der Waals surface area contributed by atoms with Gasteiger partial charge in [-0.25, -0.2) is 0 Å². The van der Waals surface area contributed by atoms with Crippen LogP contribution in [-0.2, 0) is 17.8 Å². The molecule has 2 heterocycles. The summed E-state index contributed by atoms with van der Waals surface area (Å²) in [5.74, 6) is 2.62. The first-order valence-electron chi connectivity index (χ1n) is 8.91. The molecular formula is C19H26N4O2. The number of fused-ring (bicyclic) bond motifs is 1. The minimum Gasteiger partial charge on any atom is -0.481 e. The maximum Gasteiger partial charge on any atom is 0.261 e. The van der Waals surface area contributed by atoms with E-state index < -0.39 is 6.10 Å². The predicted octanol–water partition coefficient (Wildman–Crippen LogP) is 2.81. The molecule has 6 nitrogen and oxygen atoms in total. The number of carbonyl (C=O) groups excluding carboxylic acids is 1. The molecule has 1 aromatic heterocycles. The van der Waals surface area contributed by atoms with E-state index in [0.717, 1.165) is 36.6 Å². The zero-order chi connectivity index (χ0) is 18.0. The quantitative estimate of drug-likeness (QED) is 0.876. The van der Waals surface area contributed by atoms with Gasteiger partial charge in [-0.1, -0.05) is 31.5 Å². The van der Waals surface area contributed by atoms with Gasteiger partial charge in [0.1, 0.15) is 11.6 Å². The minimum absolute atomic E-state index is 0.144. The minimum atomic E-state index is -0.579. The van der Waals surface area contributed by atoms with Gasteiger partial charge in [0.2, 0.25) is 0 Å². The van der Waals surface area contributed by atoms with Gasteiger partial charge in [-0.15, -0.1) is 10.2 Å². The molecule has 2 aromatic rings. The van der Waals surface area contributed by atoms with Crippen LogP contribution in [0.15, 0.2) is 24.3 Å². The summed E-state index contributed by atoms with van der Waals surface area (Å²) in [7, 11) is 0. The van der Waals surface area contributed by atoms with E-state index in [4.69, 9.17) is 4.74 Å². The number of ether oxygens (including phenoxy) is 1. The summed E-state index contributed by atoms with van der Waals surface area (Å²) >= 11 is 0. The highest BCUT2D eigenvalue weighted by atomic mass is 16.5. The Balaban J connectivity index is 1.69. The van der Waals surface area contributed by atoms with Gasteiger partial charge in [0.15, 0.2) is 11.9 Å². The summed E-state index contributed by atoms with van der Waals surface area (Å²) in [4.78, 5) is 12.6. The van der Waals surface area contributed by atoms with Crippen molar-refractivity contribution in [3.63, 3.8) is 0 Å². The number of carbonyl (C=O) groups is 1. The van der Waals surface area contributed by atoms with E-state index in [9.17, 15) is 4.79 Å². The van der Waals surface area contributed by atoms with Crippen LogP contribution in [0.2, 0.25) is 0 Å². The second-order valence-corrected chi connectivity index (χ2v) is 7.03. The van der Waals surface area contributed by atoms with Crippen molar-refractivity contribution < 1.29 is 9.53 Å². The largest absolute Gasteiger partial charge is 0.481 e. The molecule has 0 saturated heterocycles. The molecule has 134 valence electrons. The molecule has 25 heavy (non-hydrogen) atoms. The molecule has 3 rings (SSSR count). The summed E-state index contributed by atoms with van der Waals surface area (Å²) < 4.78 is 7.90. The van der Waals surface area contributed by atoms with E-state index in [2.05, 4.69) is 33.9 Å². The van der Waals surface area contributed by atoms with Gasteiger partial charge in [0, 0.05) is 13.0 Å². The number of benzene rings is 1. The zero-order valence-corrected chi connectivity index (χ0v) is 15.3. The number of hydrogen-bond acceptors (Lipinski definition) is 4. The molecule has 2 atom stereocenters. The molecule has 0 spiro atoms. The highest BCUT2D eigenvalue weighted by molar-refractivity contribution is 5.81. The van der Waals surface area contributed by atoms with E-state index in [-0.39, 0.29) is 17.9 Å². The molecule has 0 fully saturated rings. The zero-order valence-electron chi connectivity index (χ0n) is 15.3. The molecule has 0 saturated carbocycles. The topological polar surface area (TPSA) is 69.0 Å². The van der Waals surface area contributed by atoms with Crippen molar-refractivity contribution in [1.29, 1.82) is 0 Å². The van der Waals surface area contributed by atoms with Crippen LogP contribution in [-0.4, -0.2) is 26.8 Å². The lowest BCUT2D eigenvalue weighted by atomic mass is 10.0. The molecule has 1 N–H and O–H groups in total. The molecule has 1 amide bonds. The average molecular weight is 342 g/mol. The SMILES string of the molecule is Cc1ccc(O[C@@H](C)C(=O)N[C@H](c2nnc3n2CCC3)C(C)C)cc1. The highest BCUT2D eigenvalue weighted by Crippen LogP contribution is 2.25. The van der Waals surface area contributed by atoms with Crippen LogP contribution in [0.25, 0.3) is 0 Å². The number of hydrogen-bond donors (Lipinski definition) is 1. The second-order valence-electron chi connectivity index (χ2n) is 7.03. The Morgan fingerprint density at radius 3 is 2.60 bits per heavy atom. The molecule has 1 aromatic carbocycles. The third-order valence-electron chi connectivity index (χ3n) is 4.58. The van der Waals surface area contributed by atoms with Crippen LogP contribution < -0.4 is 10.1 Å². The van der Waals surface area contributed by atoms with Gasteiger partial charge in [0.25, 0.3) is 5.91 Å². The number of nitrogens with zero attached hydrogens (tertiary/aromatic N) is 3. The lowest BCUT2D eigenvalue weighted by molar-refractivity contribution is -0.128. The maximum atomic E-state index is 12.6. The van der Waals surface area contributed by atoms with Crippen LogP contribution in [0.3, 0.4) is 0 Å². The van der Waals surface area contributed by atoms with E-state index in [1.54, 1.807) is 6.92 Å². The first-order valence-corrected chi connectivity index (χ1v) is 8.91. The van der Waals surface area contributed by atoms with Gasteiger partial charge in [-0.05, 0) is 38.3 Å². The van der Waals surface area contributed by atoms with Gasteiger partial charge in [-0.3, -0.25) is 4.79 Å². The molecule has 1 aliphatic rings. The van der Waals surface area contributed by atoms with Crippen LogP contribution in [0, 0.1) is 12.8 Å². The molecule has 0 bridgehead atoms. The molecular weight excluding hydrogens is 316 g/mol. The Morgan fingerprint density at radius 1 is 1.20 bits per heavy atom.